The molecule has 3 rings (SSSR count). The third-order valence-electron chi connectivity index (χ3n) is 4.59. The van der Waals surface area contributed by atoms with E-state index in [4.69, 9.17) is 4.74 Å². The zero-order chi connectivity index (χ0) is 17.8. The lowest BCUT2D eigenvalue weighted by atomic mass is 10.1. The Morgan fingerprint density at radius 2 is 2.04 bits per heavy atom. The fourth-order valence-corrected chi connectivity index (χ4v) is 3.39. The minimum atomic E-state index is -0.462. The average Bonchev–Trinajstić information content (AvgIpc) is 2.79. The van der Waals surface area contributed by atoms with Crippen molar-refractivity contribution in [1.82, 2.24) is 15.6 Å². The Bertz CT molecular complexity index is 609. The molecule has 7 nitrogen and oxygen atoms in total. The van der Waals surface area contributed by atoms with Crippen molar-refractivity contribution in [3.05, 3.63) is 23.9 Å². The number of rotatable bonds is 3. The SMILES string of the molecule is C[C@@H]1CN(c2ccc(C(=O)N[C@H]3CCCCNC3=O)cn2)C[C@@H](C)O1. The summed E-state index contributed by atoms with van der Waals surface area (Å²) in [4.78, 5) is 30.9. The second-order valence-corrected chi connectivity index (χ2v) is 6.88. The molecule has 0 aromatic carbocycles. The molecule has 3 heterocycles. The van der Waals surface area contributed by atoms with Gasteiger partial charge in [-0.15, -0.1) is 0 Å². The van der Waals surface area contributed by atoms with Gasteiger partial charge in [0.25, 0.3) is 5.91 Å². The van der Waals surface area contributed by atoms with Gasteiger partial charge in [-0.25, -0.2) is 4.98 Å². The van der Waals surface area contributed by atoms with Crippen LogP contribution in [-0.2, 0) is 9.53 Å². The maximum absolute atomic E-state index is 12.4. The quantitative estimate of drug-likeness (QED) is 0.856. The van der Waals surface area contributed by atoms with Crippen LogP contribution < -0.4 is 15.5 Å². The van der Waals surface area contributed by atoms with Gasteiger partial charge in [0.05, 0.1) is 17.8 Å². The smallest absolute Gasteiger partial charge is 0.253 e. The molecule has 2 aliphatic heterocycles. The van der Waals surface area contributed by atoms with Gasteiger partial charge in [0, 0.05) is 25.8 Å². The lowest BCUT2D eigenvalue weighted by molar-refractivity contribution is -0.122. The molecule has 25 heavy (non-hydrogen) atoms. The number of carbonyl (C=O) groups excluding carboxylic acids is 2. The molecule has 2 amide bonds. The molecule has 7 heteroatoms. The fourth-order valence-electron chi connectivity index (χ4n) is 3.39. The normalized spacial score (nSPS) is 27.4. The first-order valence-electron chi connectivity index (χ1n) is 8.98. The maximum atomic E-state index is 12.4. The van der Waals surface area contributed by atoms with E-state index >= 15 is 0 Å². The minimum Gasteiger partial charge on any atom is -0.372 e. The van der Waals surface area contributed by atoms with E-state index in [0.717, 1.165) is 31.7 Å². The van der Waals surface area contributed by atoms with E-state index in [1.165, 1.54) is 0 Å². The zero-order valence-electron chi connectivity index (χ0n) is 14.8. The van der Waals surface area contributed by atoms with Crippen LogP contribution in [0.2, 0.25) is 0 Å². The van der Waals surface area contributed by atoms with Gasteiger partial charge >= 0.3 is 0 Å². The van der Waals surface area contributed by atoms with E-state index in [0.29, 0.717) is 18.5 Å². The number of amides is 2. The monoisotopic (exact) mass is 346 g/mol. The van der Waals surface area contributed by atoms with Gasteiger partial charge in [0.1, 0.15) is 11.9 Å². The number of hydrogen-bond donors (Lipinski definition) is 2. The summed E-state index contributed by atoms with van der Waals surface area (Å²) in [7, 11) is 0. The predicted molar refractivity (Wildman–Crippen MR) is 94.6 cm³/mol. The molecule has 0 saturated carbocycles. The highest BCUT2D eigenvalue weighted by atomic mass is 16.5. The summed E-state index contributed by atoms with van der Waals surface area (Å²) in [6.07, 6.45) is 4.43. The molecule has 2 fully saturated rings. The second kappa shape index (κ2) is 7.82. The molecule has 1 aromatic heterocycles. The van der Waals surface area contributed by atoms with E-state index in [2.05, 4.69) is 20.5 Å². The van der Waals surface area contributed by atoms with Gasteiger partial charge in [-0.3, -0.25) is 9.59 Å². The highest BCUT2D eigenvalue weighted by Gasteiger charge is 2.25. The molecule has 0 spiro atoms. The van der Waals surface area contributed by atoms with Gasteiger partial charge in [-0.1, -0.05) is 0 Å². The second-order valence-electron chi connectivity index (χ2n) is 6.88. The standard InChI is InChI=1S/C18H26N4O3/c1-12-10-22(11-13(2)25-12)16-7-6-14(9-20-16)17(23)21-15-5-3-4-8-19-18(15)24/h6-7,9,12-13,15H,3-5,8,10-11H2,1-2H3,(H,19,24)(H,21,23)/t12-,13-,15+/m1/s1. The van der Waals surface area contributed by atoms with Crippen LogP contribution in [0.25, 0.3) is 0 Å². The summed E-state index contributed by atoms with van der Waals surface area (Å²) in [6.45, 7) is 6.33. The summed E-state index contributed by atoms with van der Waals surface area (Å²) in [6, 6.07) is 3.15. The Morgan fingerprint density at radius 1 is 1.28 bits per heavy atom. The molecule has 2 saturated heterocycles. The van der Waals surface area contributed by atoms with Gasteiger partial charge in [0.15, 0.2) is 0 Å². The van der Waals surface area contributed by atoms with E-state index in [9.17, 15) is 9.59 Å². The van der Waals surface area contributed by atoms with E-state index in [1.54, 1.807) is 12.3 Å². The molecule has 0 radical (unpaired) electrons. The number of pyridine rings is 1. The van der Waals surface area contributed by atoms with Crippen LogP contribution in [0.5, 0.6) is 0 Å². The van der Waals surface area contributed by atoms with Crippen LogP contribution in [-0.4, -0.2) is 54.7 Å². The van der Waals surface area contributed by atoms with Crippen LogP contribution in [0, 0.1) is 0 Å². The Kier molecular flexibility index (Phi) is 5.53. The summed E-state index contributed by atoms with van der Waals surface area (Å²) < 4.78 is 5.73. The van der Waals surface area contributed by atoms with Crippen LogP contribution in [0.15, 0.2) is 18.3 Å². The lowest BCUT2D eigenvalue weighted by Crippen LogP contribution is -2.46. The van der Waals surface area contributed by atoms with Crippen LogP contribution >= 0.6 is 0 Å². The van der Waals surface area contributed by atoms with Crippen molar-refractivity contribution in [2.75, 3.05) is 24.5 Å². The summed E-state index contributed by atoms with van der Waals surface area (Å²) in [5, 5.41) is 5.64. The molecule has 0 aliphatic carbocycles. The lowest BCUT2D eigenvalue weighted by Gasteiger charge is -2.36. The summed E-state index contributed by atoms with van der Waals surface area (Å²) in [5.41, 5.74) is 0.468. The number of nitrogens with zero attached hydrogens (tertiary/aromatic N) is 2. The van der Waals surface area contributed by atoms with Crippen molar-refractivity contribution in [3.8, 4) is 0 Å². The van der Waals surface area contributed by atoms with Crippen molar-refractivity contribution >= 4 is 17.6 Å². The van der Waals surface area contributed by atoms with Crippen LogP contribution in [0.4, 0.5) is 5.82 Å². The average molecular weight is 346 g/mol. The third-order valence-corrected chi connectivity index (χ3v) is 4.59. The third kappa shape index (κ3) is 4.48. The Morgan fingerprint density at radius 3 is 2.72 bits per heavy atom. The molecular formula is C18H26N4O3. The molecule has 0 bridgehead atoms. The van der Waals surface area contributed by atoms with Crippen LogP contribution in [0.1, 0.15) is 43.5 Å². The van der Waals surface area contributed by atoms with Crippen molar-refractivity contribution < 1.29 is 14.3 Å². The van der Waals surface area contributed by atoms with E-state index in [1.807, 2.05) is 19.9 Å². The number of hydrogen-bond acceptors (Lipinski definition) is 5. The van der Waals surface area contributed by atoms with Gasteiger partial charge in [-0.05, 0) is 45.2 Å². The van der Waals surface area contributed by atoms with Crippen molar-refractivity contribution in [2.45, 2.75) is 51.4 Å². The fraction of sp³-hybridized carbons (Fsp3) is 0.611. The highest BCUT2D eigenvalue weighted by Crippen LogP contribution is 2.18. The summed E-state index contributed by atoms with van der Waals surface area (Å²) >= 11 is 0. The number of nitrogens with one attached hydrogen (secondary N) is 2. The molecular weight excluding hydrogens is 320 g/mol. The van der Waals surface area contributed by atoms with Crippen molar-refractivity contribution in [2.24, 2.45) is 0 Å². The Hall–Kier alpha value is -2.15. The van der Waals surface area contributed by atoms with Crippen molar-refractivity contribution in [3.63, 3.8) is 0 Å². The number of carbonyl (C=O) groups is 2. The van der Waals surface area contributed by atoms with Gasteiger partial charge in [-0.2, -0.15) is 0 Å². The van der Waals surface area contributed by atoms with Gasteiger partial charge in [0.2, 0.25) is 5.91 Å². The molecule has 2 aliphatic rings. The first-order valence-corrected chi connectivity index (χ1v) is 8.98. The predicted octanol–water partition coefficient (Wildman–Crippen LogP) is 1.09. The van der Waals surface area contributed by atoms with Crippen LogP contribution in [0.3, 0.4) is 0 Å². The van der Waals surface area contributed by atoms with Crippen molar-refractivity contribution in [1.29, 1.82) is 0 Å². The zero-order valence-corrected chi connectivity index (χ0v) is 14.8. The number of ether oxygens (including phenoxy) is 1. The number of morpholine rings is 1. The largest absolute Gasteiger partial charge is 0.372 e. The molecule has 2 N–H and O–H groups in total. The van der Waals surface area contributed by atoms with E-state index in [-0.39, 0.29) is 24.0 Å². The number of anilines is 1. The summed E-state index contributed by atoms with van der Waals surface area (Å²) in [5.74, 6) is 0.474. The minimum absolute atomic E-state index is 0.105. The first-order chi connectivity index (χ1) is 12.0. The molecule has 0 unspecified atom stereocenters. The topological polar surface area (TPSA) is 83.6 Å². The maximum Gasteiger partial charge on any atom is 0.253 e. The first kappa shape index (κ1) is 17.7. The molecule has 3 atom stereocenters. The van der Waals surface area contributed by atoms with Gasteiger partial charge < -0.3 is 20.3 Å². The Balaban J connectivity index is 1.63. The Labute approximate surface area is 148 Å². The number of aromatic nitrogens is 1. The molecule has 136 valence electrons. The highest BCUT2D eigenvalue weighted by molar-refractivity contribution is 5.97. The molecule has 1 aromatic rings. The van der Waals surface area contributed by atoms with E-state index < -0.39 is 6.04 Å².